The highest BCUT2D eigenvalue weighted by molar-refractivity contribution is 7.92. The molecule has 0 saturated carbocycles. The normalized spacial score (nSPS) is 11.7. The van der Waals surface area contributed by atoms with Crippen molar-refractivity contribution < 1.29 is 13.0 Å². The van der Waals surface area contributed by atoms with E-state index in [0.29, 0.717) is 0 Å². The second kappa shape index (κ2) is 6.63. The minimum Gasteiger partial charge on any atom is -0.369 e. The van der Waals surface area contributed by atoms with Crippen molar-refractivity contribution in [2.45, 2.75) is 6.43 Å². The molecule has 0 unspecified atom stereocenters. The van der Waals surface area contributed by atoms with Gasteiger partial charge >= 0.3 is 0 Å². The van der Waals surface area contributed by atoms with Crippen molar-refractivity contribution >= 4 is 27.4 Å². The molecule has 8 heteroatoms. The van der Waals surface area contributed by atoms with E-state index in [0.717, 1.165) is 6.07 Å². The average Bonchev–Trinajstić information content (AvgIpc) is 2.33. The molecular weight excluding hydrogens is 298 g/mol. The summed E-state index contributed by atoms with van der Waals surface area (Å²) in [4.78, 5) is 5.61. The molecule has 0 atom stereocenters. The summed E-state index contributed by atoms with van der Waals surface area (Å²) in [7, 11) is 0.920. The average molecular weight is 314 g/mol. The molecule has 0 heterocycles. The van der Waals surface area contributed by atoms with Gasteiger partial charge in [0.2, 0.25) is 0 Å². The highest BCUT2D eigenvalue weighted by Gasteiger charge is 2.18. The van der Waals surface area contributed by atoms with Crippen LogP contribution in [0, 0.1) is 11.3 Å². The fourth-order valence-corrected chi connectivity index (χ4v) is 2.13. The van der Waals surface area contributed by atoms with Crippen molar-refractivity contribution in [1.82, 2.24) is 4.90 Å². The molecule has 1 rings (SSSR count). The van der Waals surface area contributed by atoms with Gasteiger partial charge in [0, 0.05) is 41.9 Å². The minimum atomic E-state index is -2.84. The number of nitriles is 1. The number of aliphatic imine (C=N–C) groups is 1. The molecule has 5 nitrogen and oxygen atoms in total. The molecule has 0 aliphatic heterocycles. The zero-order valence-electron chi connectivity index (χ0n) is 12.2. The van der Waals surface area contributed by atoms with Crippen LogP contribution in [0.5, 0.6) is 0 Å². The van der Waals surface area contributed by atoms with Gasteiger partial charge in [0.25, 0.3) is 6.43 Å². The highest BCUT2D eigenvalue weighted by atomic mass is 32.2. The first-order valence-corrected chi connectivity index (χ1v) is 8.21. The third kappa shape index (κ3) is 5.11. The standard InChI is InChI=1S/C13H16F2N4OS/c1-19(2)8-17-12-6-9(18-21(3,4)20)5-10(13(14)15)11(12)7-16/h5-6,8,13H,1-4H3/b17-8+. The molecular formula is C13H16F2N4OS. The molecule has 1 aromatic carbocycles. The predicted molar refractivity (Wildman–Crippen MR) is 80.0 cm³/mol. The van der Waals surface area contributed by atoms with E-state index in [1.54, 1.807) is 25.1 Å². The SMILES string of the molecule is CN(C)/C=N/c1cc(N=S(C)(C)=O)cc(C(F)F)c1C#N. The van der Waals surface area contributed by atoms with Gasteiger partial charge in [-0.25, -0.2) is 18.0 Å². The molecule has 21 heavy (non-hydrogen) atoms. The lowest BCUT2D eigenvalue weighted by Gasteiger charge is -2.09. The quantitative estimate of drug-likeness (QED) is 0.633. The van der Waals surface area contributed by atoms with Crippen molar-refractivity contribution in [2.75, 3.05) is 26.6 Å². The summed E-state index contributed by atoms with van der Waals surface area (Å²) in [5, 5.41) is 9.08. The lowest BCUT2D eigenvalue weighted by molar-refractivity contribution is 0.151. The van der Waals surface area contributed by atoms with Crippen molar-refractivity contribution in [2.24, 2.45) is 9.36 Å². The smallest absolute Gasteiger partial charge is 0.265 e. The van der Waals surface area contributed by atoms with Crippen molar-refractivity contribution in [3.05, 3.63) is 23.3 Å². The Morgan fingerprint density at radius 3 is 2.43 bits per heavy atom. The lowest BCUT2D eigenvalue weighted by Crippen LogP contribution is -2.07. The summed E-state index contributed by atoms with van der Waals surface area (Å²) >= 11 is 0. The summed E-state index contributed by atoms with van der Waals surface area (Å²) in [5.41, 5.74) is -0.481. The summed E-state index contributed by atoms with van der Waals surface area (Å²) in [5.74, 6) is 0. The Bertz CT molecular complexity index is 706. The van der Waals surface area contributed by atoms with Gasteiger partial charge in [-0.2, -0.15) is 9.62 Å². The first-order chi connectivity index (χ1) is 9.64. The fourth-order valence-electron chi connectivity index (χ4n) is 1.51. The molecule has 0 aromatic heterocycles. The van der Waals surface area contributed by atoms with E-state index in [4.69, 9.17) is 5.26 Å². The molecule has 0 saturated heterocycles. The molecule has 0 aliphatic carbocycles. The van der Waals surface area contributed by atoms with Crippen molar-refractivity contribution in [3.63, 3.8) is 0 Å². The van der Waals surface area contributed by atoms with Crippen LogP contribution in [0.2, 0.25) is 0 Å². The maximum absolute atomic E-state index is 13.1. The Labute approximate surface area is 123 Å². The monoisotopic (exact) mass is 314 g/mol. The molecule has 0 spiro atoms. The van der Waals surface area contributed by atoms with Gasteiger partial charge in [-0.15, -0.1) is 0 Å². The number of halogens is 2. The molecule has 0 N–H and O–H groups in total. The minimum absolute atomic E-state index is 0.0754. The predicted octanol–water partition coefficient (Wildman–Crippen LogP) is 3.08. The van der Waals surface area contributed by atoms with E-state index in [1.165, 1.54) is 24.9 Å². The number of alkyl halides is 2. The van der Waals surface area contributed by atoms with Crippen LogP contribution in [-0.2, 0) is 9.73 Å². The third-order valence-electron chi connectivity index (χ3n) is 2.23. The van der Waals surface area contributed by atoms with Crippen LogP contribution in [0.15, 0.2) is 21.5 Å². The van der Waals surface area contributed by atoms with Crippen LogP contribution in [0.4, 0.5) is 20.2 Å². The van der Waals surface area contributed by atoms with E-state index in [9.17, 15) is 13.0 Å². The second-order valence-corrected chi connectivity index (χ2v) is 7.37. The fraction of sp³-hybridized carbons (Fsp3) is 0.385. The third-order valence-corrected chi connectivity index (χ3v) is 2.88. The zero-order valence-corrected chi connectivity index (χ0v) is 13.0. The Hall–Kier alpha value is -2.01. The molecule has 0 aliphatic rings. The number of rotatable bonds is 4. The van der Waals surface area contributed by atoms with Crippen LogP contribution in [-0.4, -0.2) is 42.1 Å². The van der Waals surface area contributed by atoms with Gasteiger partial charge < -0.3 is 4.90 Å². The molecule has 1 aromatic rings. The maximum Gasteiger partial charge on any atom is 0.265 e. The summed E-state index contributed by atoms with van der Waals surface area (Å²) < 4.78 is 41.8. The van der Waals surface area contributed by atoms with Crippen LogP contribution >= 0.6 is 0 Å². The maximum atomic E-state index is 13.1. The number of benzene rings is 1. The topological polar surface area (TPSA) is 68.8 Å². The van der Waals surface area contributed by atoms with Gasteiger partial charge in [0.1, 0.15) is 6.07 Å². The Morgan fingerprint density at radius 2 is 2.00 bits per heavy atom. The Balaban J connectivity index is 3.61. The molecule has 0 amide bonds. The van der Waals surface area contributed by atoms with E-state index in [1.807, 2.05) is 0 Å². The number of hydrogen-bond donors (Lipinski definition) is 0. The first-order valence-electron chi connectivity index (χ1n) is 5.88. The summed E-state index contributed by atoms with van der Waals surface area (Å²) in [6, 6.07) is 4.18. The van der Waals surface area contributed by atoms with Gasteiger partial charge in [0.05, 0.1) is 23.3 Å². The van der Waals surface area contributed by atoms with E-state index < -0.39 is 21.7 Å². The highest BCUT2D eigenvalue weighted by Crippen LogP contribution is 2.34. The largest absolute Gasteiger partial charge is 0.369 e. The Morgan fingerprint density at radius 1 is 1.38 bits per heavy atom. The van der Waals surface area contributed by atoms with E-state index in [-0.39, 0.29) is 16.9 Å². The second-order valence-electron chi connectivity index (χ2n) is 4.82. The summed E-state index contributed by atoms with van der Waals surface area (Å²) in [6.07, 6.45) is 1.35. The van der Waals surface area contributed by atoms with Gasteiger partial charge in [-0.3, -0.25) is 0 Å². The van der Waals surface area contributed by atoms with Gasteiger partial charge in [-0.05, 0) is 12.1 Å². The first kappa shape index (κ1) is 17.0. The van der Waals surface area contributed by atoms with Crippen LogP contribution in [0.1, 0.15) is 17.6 Å². The van der Waals surface area contributed by atoms with Crippen LogP contribution < -0.4 is 0 Å². The number of nitrogens with zero attached hydrogens (tertiary/aromatic N) is 4. The van der Waals surface area contributed by atoms with Gasteiger partial charge in [-0.1, -0.05) is 0 Å². The van der Waals surface area contributed by atoms with E-state index >= 15 is 0 Å². The van der Waals surface area contributed by atoms with Crippen LogP contribution in [0.25, 0.3) is 0 Å². The zero-order chi connectivity index (χ0) is 16.2. The van der Waals surface area contributed by atoms with Crippen molar-refractivity contribution in [1.29, 1.82) is 5.26 Å². The molecule has 0 radical (unpaired) electrons. The lowest BCUT2D eigenvalue weighted by atomic mass is 10.1. The molecule has 0 bridgehead atoms. The molecule has 114 valence electrons. The van der Waals surface area contributed by atoms with E-state index in [2.05, 4.69) is 9.36 Å². The van der Waals surface area contributed by atoms with Gasteiger partial charge in [0.15, 0.2) is 0 Å². The van der Waals surface area contributed by atoms with Crippen molar-refractivity contribution in [3.8, 4) is 6.07 Å². The molecule has 0 fully saturated rings. The van der Waals surface area contributed by atoms with Crippen LogP contribution in [0.3, 0.4) is 0 Å². The number of hydrogen-bond acceptors (Lipinski definition) is 4. The Kier molecular flexibility index (Phi) is 5.38. The summed E-state index contributed by atoms with van der Waals surface area (Å²) in [6.45, 7) is 0.